The van der Waals surface area contributed by atoms with E-state index in [0.29, 0.717) is 12.0 Å². The van der Waals surface area contributed by atoms with Crippen LogP contribution in [0.2, 0.25) is 0 Å². The molecule has 5 heteroatoms. The fraction of sp³-hybridized carbons (Fsp3) is 0.632. The first-order valence-electron chi connectivity index (χ1n) is 9.18. The van der Waals surface area contributed by atoms with Crippen molar-refractivity contribution in [3.63, 3.8) is 0 Å². The van der Waals surface area contributed by atoms with Gasteiger partial charge in [-0.3, -0.25) is 0 Å². The molecule has 1 unspecified atom stereocenters. The number of rotatable bonds is 6. The fourth-order valence-corrected chi connectivity index (χ4v) is 4.64. The van der Waals surface area contributed by atoms with Crippen LogP contribution in [0.1, 0.15) is 24.8 Å². The van der Waals surface area contributed by atoms with Gasteiger partial charge in [-0.05, 0) is 55.2 Å². The first-order chi connectivity index (χ1) is 11.8. The minimum absolute atomic E-state index is 0.0228. The Morgan fingerprint density at radius 1 is 1.17 bits per heavy atom. The maximum atomic E-state index is 12.0. The lowest BCUT2D eigenvalue weighted by Gasteiger charge is -2.23. The van der Waals surface area contributed by atoms with Crippen molar-refractivity contribution in [3.05, 3.63) is 35.9 Å². The van der Waals surface area contributed by atoms with Gasteiger partial charge in [0.2, 0.25) is 0 Å². The smallest absolute Gasteiger partial charge is 0.315 e. The van der Waals surface area contributed by atoms with E-state index in [9.17, 15) is 4.79 Å². The number of amides is 2. The van der Waals surface area contributed by atoms with Gasteiger partial charge >= 0.3 is 6.03 Å². The number of thioether (sulfide) groups is 1. The zero-order chi connectivity index (χ0) is 16.6. The lowest BCUT2D eigenvalue weighted by Crippen LogP contribution is -2.45. The van der Waals surface area contributed by atoms with Crippen molar-refractivity contribution in [2.24, 2.45) is 5.92 Å². The van der Waals surface area contributed by atoms with Gasteiger partial charge in [0.15, 0.2) is 0 Å². The number of urea groups is 1. The van der Waals surface area contributed by atoms with Gasteiger partial charge in [-0.25, -0.2) is 4.79 Å². The summed E-state index contributed by atoms with van der Waals surface area (Å²) in [7, 11) is 0. The van der Waals surface area contributed by atoms with Crippen LogP contribution < -0.4 is 10.6 Å². The zero-order valence-electron chi connectivity index (χ0n) is 14.4. The predicted octanol–water partition coefficient (Wildman–Crippen LogP) is 2.75. The molecule has 1 atom stereocenters. The second-order valence-electron chi connectivity index (χ2n) is 6.93. The maximum Gasteiger partial charge on any atom is 0.315 e. The van der Waals surface area contributed by atoms with E-state index in [4.69, 9.17) is 0 Å². The van der Waals surface area contributed by atoms with Crippen LogP contribution in [0.25, 0.3) is 0 Å². The van der Waals surface area contributed by atoms with Gasteiger partial charge in [-0.1, -0.05) is 30.3 Å². The number of hydrogen-bond acceptors (Lipinski definition) is 3. The standard InChI is InChI=1S/C19H29N3OS/c23-19(21-18-8-12-24-13-9-18)20-14-17-7-11-22(15-17)10-6-16-4-2-1-3-5-16/h1-5,17-18H,6-15H2,(H2,20,21,23). The van der Waals surface area contributed by atoms with E-state index in [2.05, 4.69) is 45.9 Å². The molecule has 0 radical (unpaired) electrons. The third-order valence-electron chi connectivity index (χ3n) is 5.04. The van der Waals surface area contributed by atoms with E-state index in [1.54, 1.807) is 0 Å². The maximum absolute atomic E-state index is 12.0. The van der Waals surface area contributed by atoms with Crippen LogP contribution in [-0.2, 0) is 6.42 Å². The summed E-state index contributed by atoms with van der Waals surface area (Å²) in [4.78, 5) is 14.5. The van der Waals surface area contributed by atoms with Crippen LogP contribution in [0.4, 0.5) is 4.79 Å². The number of likely N-dealkylation sites (tertiary alicyclic amines) is 1. The van der Waals surface area contributed by atoms with Crippen LogP contribution in [0.3, 0.4) is 0 Å². The van der Waals surface area contributed by atoms with Gasteiger partial charge < -0.3 is 15.5 Å². The van der Waals surface area contributed by atoms with Crippen molar-refractivity contribution >= 4 is 17.8 Å². The summed E-state index contributed by atoms with van der Waals surface area (Å²) >= 11 is 1.99. The van der Waals surface area contributed by atoms with Gasteiger partial charge in [0.05, 0.1) is 0 Å². The molecule has 0 bridgehead atoms. The van der Waals surface area contributed by atoms with E-state index in [1.807, 2.05) is 11.8 Å². The summed E-state index contributed by atoms with van der Waals surface area (Å²) in [5, 5.41) is 6.21. The molecule has 0 spiro atoms. The Hall–Kier alpha value is -1.20. The monoisotopic (exact) mass is 347 g/mol. The van der Waals surface area contributed by atoms with Crippen molar-refractivity contribution in [3.8, 4) is 0 Å². The van der Waals surface area contributed by atoms with E-state index >= 15 is 0 Å². The van der Waals surface area contributed by atoms with E-state index in [-0.39, 0.29) is 6.03 Å². The number of benzene rings is 1. The molecule has 1 aromatic carbocycles. The van der Waals surface area contributed by atoms with Crippen LogP contribution in [-0.4, -0.2) is 54.7 Å². The van der Waals surface area contributed by atoms with Gasteiger partial charge in [0, 0.05) is 25.7 Å². The van der Waals surface area contributed by atoms with Crippen molar-refractivity contribution in [1.29, 1.82) is 0 Å². The van der Waals surface area contributed by atoms with Crippen molar-refractivity contribution in [2.45, 2.75) is 31.7 Å². The summed E-state index contributed by atoms with van der Waals surface area (Å²) in [5.74, 6) is 2.93. The quantitative estimate of drug-likeness (QED) is 0.832. The van der Waals surface area contributed by atoms with Gasteiger partial charge in [0.25, 0.3) is 0 Å². The molecule has 3 rings (SSSR count). The van der Waals surface area contributed by atoms with Gasteiger partial charge in [-0.15, -0.1) is 0 Å². The third-order valence-corrected chi connectivity index (χ3v) is 6.09. The normalized spacial score (nSPS) is 22.4. The molecule has 2 amide bonds. The van der Waals surface area contributed by atoms with Crippen LogP contribution >= 0.6 is 11.8 Å². The zero-order valence-corrected chi connectivity index (χ0v) is 15.2. The molecule has 2 fully saturated rings. The number of nitrogens with zero attached hydrogens (tertiary/aromatic N) is 1. The molecule has 2 saturated heterocycles. The Morgan fingerprint density at radius 2 is 1.96 bits per heavy atom. The average Bonchev–Trinajstić information content (AvgIpc) is 3.08. The number of carbonyl (C=O) groups excluding carboxylic acids is 1. The molecule has 132 valence electrons. The van der Waals surface area contributed by atoms with Gasteiger partial charge in [0.1, 0.15) is 0 Å². The highest BCUT2D eigenvalue weighted by Crippen LogP contribution is 2.17. The molecule has 4 nitrogen and oxygen atoms in total. The Kier molecular flexibility index (Phi) is 6.85. The molecule has 2 aliphatic rings. The first-order valence-corrected chi connectivity index (χ1v) is 10.3. The summed E-state index contributed by atoms with van der Waals surface area (Å²) < 4.78 is 0. The highest BCUT2D eigenvalue weighted by Gasteiger charge is 2.23. The Morgan fingerprint density at radius 3 is 2.75 bits per heavy atom. The molecule has 24 heavy (non-hydrogen) atoms. The first kappa shape index (κ1) is 17.6. The molecular weight excluding hydrogens is 318 g/mol. The molecule has 0 saturated carbocycles. The Balaban J connectivity index is 1.30. The predicted molar refractivity (Wildman–Crippen MR) is 102 cm³/mol. The summed E-state index contributed by atoms with van der Waals surface area (Å²) in [6.07, 6.45) is 4.51. The van der Waals surface area contributed by atoms with Crippen molar-refractivity contribution < 1.29 is 4.79 Å². The minimum atomic E-state index is 0.0228. The van der Waals surface area contributed by atoms with Crippen molar-refractivity contribution in [1.82, 2.24) is 15.5 Å². The third kappa shape index (κ3) is 5.71. The highest BCUT2D eigenvalue weighted by molar-refractivity contribution is 7.99. The fourth-order valence-electron chi connectivity index (χ4n) is 3.53. The Bertz CT molecular complexity index is 505. The average molecular weight is 348 g/mol. The highest BCUT2D eigenvalue weighted by atomic mass is 32.2. The lowest BCUT2D eigenvalue weighted by molar-refractivity contribution is 0.233. The molecule has 0 aromatic heterocycles. The Labute approximate surface area is 149 Å². The van der Waals surface area contributed by atoms with Crippen LogP contribution in [0.15, 0.2) is 30.3 Å². The molecule has 2 aliphatic heterocycles. The minimum Gasteiger partial charge on any atom is -0.338 e. The second kappa shape index (κ2) is 9.33. The second-order valence-corrected chi connectivity index (χ2v) is 8.16. The largest absolute Gasteiger partial charge is 0.338 e. The van der Waals surface area contributed by atoms with E-state index < -0.39 is 0 Å². The molecule has 1 aromatic rings. The topological polar surface area (TPSA) is 44.4 Å². The van der Waals surface area contributed by atoms with Gasteiger partial charge in [-0.2, -0.15) is 11.8 Å². The summed E-state index contributed by atoms with van der Waals surface area (Å²) in [6.45, 7) is 4.18. The molecule has 2 heterocycles. The van der Waals surface area contributed by atoms with E-state index in [1.165, 1.54) is 23.5 Å². The number of hydrogen-bond donors (Lipinski definition) is 2. The van der Waals surface area contributed by atoms with E-state index in [0.717, 1.165) is 45.4 Å². The number of nitrogens with one attached hydrogen (secondary N) is 2. The van der Waals surface area contributed by atoms with Crippen LogP contribution in [0, 0.1) is 5.92 Å². The summed E-state index contributed by atoms with van der Waals surface area (Å²) in [6, 6.07) is 11.1. The molecule has 0 aliphatic carbocycles. The van der Waals surface area contributed by atoms with Crippen LogP contribution in [0.5, 0.6) is 0 Å². The SMILES string of the molecule is O=C(NCC1CCN(CCc2ccccc2)C1)NC1CCSCC1. The molecular formula is C19H29N3OS. The lowest BCUT2D eigenvalue weighted by atomic mass is 10.1. The molecule has 2 N–H and O–H groups in total. The summed E-state index contributed by atoms with van der Waals surface area (Å²) in [5.41, 5.74) is 1.41. The number of carbonyl (C=O) groups is 1. The van der Waals surface area contributed by atoms with Crippen molar-refractivity contribution in [2.75, 3.05) is 37.7 Å².